The van der Waals surface area contributed by atoms with Crippen LogP contribution in [0.4, 0.5) is 8.78 Å². The number of rotatable bonds is 3. The number of halogens is 2. The van der Waals surface area contributed by atoms with Crippen molar-refractivity contribution < 1.29 is 13.6 Å². The summed E-state index contributed by atoms with van der Waals surface area (Å²) in [7, 11) is 0. The molecule has 0 saturated heterocycles. The molecule has 15 heavy (non-hydrogen) atoms. The Morgan fingerprint density at radius 1 is 1.40 bits per heavy atom. The van der Waals surface area contributed by atoms with Gasteiger partial charge in [-0.2, -0.15) is 0 Å². The van der Waals surface area contributed by atoms with Crippen LogP contribution in [0.1, 0.15) is 36.8 Å². The summed E-state index contributed by atoms with van der Waals surface area (Å²) in [6.07, 6.45) is 1.07. The van der Waals surface area contributed by atoms with E-state index < -0.39 is 11.8 Å². The molecule has 82 valence electrons. The first-order valence-corrected chi connectivity index (χ1v) is 4.71. The van der Waals surface area contributed by atoms with Crippen molar-refractivity contribution >= 4 is 5.78 Å². The smallest absolute Gasteiger partial charge is 0.276 e. The van der Waals surface area contributed by atoms with Gasteiger partial charge in [-0.25, -0.2) is 8.78 Å². The number of nitrogens with zero attached hydrogens (tertiary/aromatic N) is 1. The normalized spacial score (nSPS) is 11.9. The number of aromatic nitrogens is 1. The van der Waals surface area contributed by atoms with Crippen molar-refractivity contribution in [3.05, 3.63) is 29.6 Å². The van der Waals surface area contributed by atoms with Gasteiger partial charge in [0.05, 0.1) is 0 Å². The number of alkyl halides is 2. The van der Waals surface area contributed by atoms with Crippen LogP contribution in [0.2, 0.25) is 0 Å². The molecule has 1 rings (SSSR count). The fourth-order valence-electron chi connectivity index (χ4n) is 1.13. The average molecular weight is 213 g/mol. The molecular formula is C11H13F2NO. The molecule has 0 aliphatic heterocycles. The fraction of sp³-hybridized carbons (Fsp3) is 0.455. The quantitative estimate of drug-likeness (QED) is 0.722. The number of Topliss-reactive ketones (excluding diaryl/α,β-unsaturated/α-hetero) is 1. The van der Waals surface area contributed by atoms with Gasteiger partial charge in [-0.3, -0.25) is 9.78 Å². The van der Waals surface area contributed by atoms with Gasteiger partial charge in [-0.15, -0.1) is 0 Å². The SMILES string of the molecule is CC(=O)c1ccc(C(F)(F)C(C)C)cn1. The minimum absolute atomic E-state index is 0.150. The highest BCUT2D eigenvalue weighted by Crippen LogP contribution is 2.34. The highest BCUT2D eigenvalue weighted by molar-refractivity contribution is 5.91. The summed E-state index contributed by atoms with van der Waals surface area (Å²) in [5, 5.41) is 0. The van der Waals surface area contributed by atoms with E-state index in [0.29, 0.717) is 0 Å². The van der Waals surface area contributed by atoms with Crippen molar-refractivity contribution in [3.8, 4) is 0 Å². The van der Waals surface area contributed by atoms with Crippen molar-refractivity contribution in [3.63, 3.8) is 0 Å². The van der Waals surface area contributed by atoms with Gasteiger partial charge >= 0.3 is 0 Å². The Labute approximate surface area is 87.3 Å². The van der Waals surface area contributed by atoms with Crippen molar-refractivity contribution in [2.45, 2.75) is 26.7 Å². The van der Waals surface area contributed by atoms with Gasteiger partial charge in [0, 0.05) is 24.6 Å². The van der Waals surface area contributed by atoms with E-state index >= 15 is 0 Å². The van der Waals surface area contributed by atoms with E-state index in [9.17, 15) is 13.6 Å². The molecule has 0 radical (unpaired) electrons. The predicted molar refractivity (Wildman–Crippen MR) is 53.0 cm³/mol. The van der Waals surface area contributed by atoms with Gasteiger partial charge in [0.15, 0.2) is 5.78 Å². The average Bonchev–Trinajstić information content (AvgIpc) is 2.17. The lowest BCUT2D eigenvalue weighted by molar-refractivity contribution is -0.0516. The molecule has 1 aromatic rings. The minimum atomic E-state index is -2.90. The molecule has 0 saturated carbocycles. The Hall–Kier alpha value is -1.32. The molecule has 1 aromatic heterocycles. The van der Waals surface area contributed by atoms with E-state index in [0.717, 1.165) is 6.20 Å². The summed E-state index contributed by atoms with van der Waals surface area (Å²) < 4.78 is 27.0. The number of pyridine rings is 1. The van der Waals surface area contributed by atoms with Crippen molar-refractivity contribution in [1.29, 1.82) is 0 Å². The summed E-state index contributed by atoms with van der Waals surface area (Å²) >= 11 is 0. The molecule has 0 N–H and O–H groups in total. The molecule has 2 nitrogen and oxygen atoms in total. The third kappa shape index (κ3) is 2.37. The molecule has 1 heterocycles. The Kier molecular flexibility index (Phi) is 3.17. The van der Waals surface area contributed by atoms with Crippen LogP contribution in [-0.2, 0) is 5.92 Å². The first-order chi connectivity index (χ1) is 6.85. The zero-order chi connectivity index (χ0) is 11.6. The molecule has 0 bridgehead atoms. The Morgan fingerprint density at radius 2 is 2.00 bits per heavy atom. The van der Waals surface area contributed by atoms with Crippen LogP contribution in [-0.4, -0.2) is 10.8 Å². The molecule has 0 aromatic carbocycles. The van der Waals surface area contributed by atoms with Crippen LogP contribution >= 0.6 is 0 Å². The van der Waals surface area contributed by atoms with Crippen LogP contribution in [0.15, 0.2) is 18.3 Å². The highest BCUT2D eigenvalue weighted by Gasteiger charge is 2.35. The Bertz CT molecular complexity index is 357. The van der Waals surface area contributed by atoms with E-state index in [-0.39, 0.29) is 17.0 Å². The minimum Gasteiger partial charge on any atom is -0.293 e. The van der Waals surface area contributed by atoms with Crippen molar-refractivity contribution in [1.82, 2.24) is 4.98 Å². The van der Waals surface area contributed by atoms with Crippen LogP contribution in [0.3, 0.4) is 0 Å². The van der Waals surface area contributed by atoms with E-state index in [4.69, 9.17) is 0 Å². The first kappa shape index (κ1) is 11.8. The van der Waals surface area contributed by atoms with Crippen LogP contribution in [0.5, 0.6) is 0 Å². The Balaban J connectivity index is 3.04. The summed E-state index contributed by atoms with van der Waals surface area (Å²) in [4.78, 5) is 14.6. The van der Waals surface area contributed by atoms with Crippen molar-refractivity contribution in [2.24, 2.45) is 5.92 Å². The molecule has 0 aliphatic rings. The third-order valence-corrected chi connectivity index (χ3v) is 2.23. The topological polar surface area (TPSA) is 30.0 Å². The maximum Gasteiger partial charge on any atom is 0.276 e. The first-order valence-electron chi connectivity index (χ1n) is 4.71. The van der Waals surface area contributed by atoms with Gasteiger partial charge in [0.2, 0.25) is 0 Å². The number of hydrogen-bond donors (Lipinski definition) is 0. The van der Waals surface area contributed by atoms with Crippen LogP contribution in [0, 0.1) is 5.92 Å². The maximum absolute atomic E-state index is 13.5. The standard InChI is InChI=1S/C11H13F2NO/c1-7(2)11(12,13)9-4-5-10(8(3)15)14-6-9/h4-7H,1-3H3. The lowest BCUT2D eigenvalue weighted by Crippen LogP contribution is -2.21. The molecule has 0 atom stereocenters. The second kappa shape index (κ2) is 4.04. The van der Waals surface area contributed by atoms with Crippen molar-refractivity contribution in [2.75, 3.05) is 0 Å². The lowest BCUT2D eigenvalue weighted by Gasteiger charge is -2.20. The van der Waals surface area contributed by atoms with E-state index in [2.05, 4.69) is 4.98 Å². The largest absolute Gasteiger partial charge is 0.293 e. The number of carbonyl (C=O) groups is 1. The highest BCUT2D eigenvalue weighted by atomic mass is 19.3. The second-order valence-electron chi connectivity index (χ2n) is 3.77. The number of ketones is 1. The number of carbonyl (C=O) groups excluding carboxylic acids is 1. The van der Waals surface area contributed by atoms with Gasteiger partial charge in [0.1, 0.15) is 5.69 Å². The molecule has 0 amide bonds. The molecule has 0 aliphatic carbocycles. The molecule has 0 spiro atoms. The molecule has 0 unspecified atom stereocenters. The maximum atomic E-state index is 13.5. The third-order valence-electron chi connectivity index (χ3n) is 2.23. The van der Waals surface area contributed by atoms with Gasteiger partial charge in [-0.1, -0.05) is 13.8 Å². The zero-order valence-electron chi connectivity index (χ0n) is 8.92. The van der Waals surface area contributed by atoms with Gasteiger partial charge < -0.3 is 0 Å². The van der Waals surface area contributed by atoms with E-state index in [1.165, 1.54) is 32.9 Å². The Morgan fingerprint density at radius 3 is 2.33 bits per heavy atom. The summed E-state index contributed by atoms with van der Waals surface area (Å²) in [5.41, 5.74) is 0.0563. The van der Waals surface area contributed by atoms with Crippen LogP contribution in [0.25, 0.3) is 0 Å². The molecular weight excluding hydrogens is 200 g/mol. The zero-order valence-corrected chi connectivity index (χ0v) is 8.92. The fourth-order valence-corrected chi connectivity index (χ4v) is 1.13. The monoisotopic (exact) mass is 213 g/mol. The van der Waals surface area contributed by atoms with Crippen LogP contribution < -0.4 is 0 Å². The summed E-state index contributed by atoms with van der Waals surface area (Å²) in [6, 6.07) is 2.58. The van der Waals surface area contributed by atoms with Gasteiger partial charge in [-0.05, 0) is 12.1 Å². The van der Waals surface area contributed by atoms with E-state index in [1.807, 2.05) is 0 Å². The summed E-state index contributed by atoms with van der Waals surface area (Å²) in [6.45, 7) is 4.24. The lowest BCUT2D eigenvalue weighted by atomic mass is 9.99. The summed E-state index contributed by atoms with van der Waals surface area (Å²) in [5.74, 6) is -3.92. The molecule has 0 fully saturated rings. The predicted octanol–water partition coefficient (Wildman–Crippen LogP) is 3.03. The second-order valence-corrected chi connectivity index (χ2v) is 3.77. The van der Waals surface area contributed by atoms with E-state index in [1.54, 1.807) is 0 Å². The van der Waals surface area contributed by atoms with Gasteiger partial charge in [0.25, 0.3) is 5.92 Å². The number of hydrogen-bond acceptors (Lipinski definition) is 2. The molecule has 4 heteroatoms.